The maximum absolute atomic E-state index is 11.7. The zero-order valence-corrected chi connectivity index (χ0v) is 8.92. The second kappa shape index (κ2) is 5.49. The van der Waals surface area contributed by atoms with E-state index in [1.807, 2.05) is 0 Å². The van der Waals surface area contributed by atoms with Gasteiger partial charge in [0.15, 0.2) is 0 Å². The van der Waals surface area contributed by atoms with Gasteiger partial charge in [0.05, 0.1) is 13.7 Å². The highest BCUT2D eigenvalue weighted by atomic mass is 19.4. The molecule has 0 spiro atoms. The number of alkyl halides is 3. The molecule has 7 heteroatoms. The summed E-state index contributed by atoms with van der Waals surface area (Å²) in [5.41, 5.74) is 0. The van der Waals surface area contributed by atoms with Crippen LogP contribution >= 0.6 is 0 Å². The zero-order chi connectivity index (χ0) is 12.2. The Labute approximate surface area is 91.3 Å². The highest BCUT2D eigenvalue weighted by Crippen LogP contribution is 2.18. The van der Waals surface area contributed by atoms with Crippen LogP contribution in [-0.4, -0.2) is 56.5 Å². The molecule has 0 aromatic rings. The molecular formula is C9H14F3NO3. The van der Waals surface area contributed by atoms with Crippen molar-refractivity contribution in [1.29, 1.82) is 0 Å². The first kappa shape index (κ1) is 13.2. The third kappa shape index (κ3) is 3.97. The number of esters is 1. The van der Waals surface area contributed by atoms with Crippen LogP contribution in [0, 0.1) is 0 Å². The molecule has 1 heterocycles. The molecule has 0 aromatic heterocycles. The minimum absolute atomic E-state index is 0.0347. The molecule has 0 amide bonds. The molecule has 0 saturated carbocycles. The molecule has 94 valence electrons. The van der Waals surface area contributed by atoms with Crippen molar-refractivity contribution < 1.29 is 27.4 Å². The third-order valence-electron chi connectivity index (χ3n) is 2.39. The highest BCUT2D eigenvalue weighted by Gasteiger charge is 2.34. The van der Waals surface area contributed by atoms with Gasteiger partial charge in [-0.3, -0.25) is 9.69 Å². The maximum atomic E-state index is 11.7. The van der Waals surface area contributed by atoms with Crippen molar-refractivity contribution in [2.75, 3.05) is 33.4 Å². The Bertz CT molecular complexity index is 245. The second-order valence-electron chi connectivity index (χ2n) is 3.53. The van der Waals surface area contributed by atoms with Crippen molar-refractivity contribution in [2.24, 2.45) is 0 Å². The van der Waals surface area contributed by atoms with Crippen molar-refractivity contribution in [3.05, 3.63) is 0 Å². The summed E-state index contributed by atoms with van der Waals surface area (Å²) in [5.74, 6) is -0.345. The number of hydrogen-bond acceptors (Lipinski definition) is 4. The molecule has 1 atom stereocenters. The molecule has 1 aliphatic rings. The number of methoxy groups -OCH3 is 1. The van der Waals surface area contributed by atoms with Crippen LogP contribution in [0.15, 0.2) is 0 Å². The third-order valence-corrected chi connectivity index (χ3v) is 2.39. The van der Waals surface area contributed by atoms with Gasteiger partial charge in [0.2, 0.25) is 0 Å². The Hall–Kier alpha value is -0.820. The summed E-state index contributed by atoms with van der Waals surface area (Å²) >= 11 is 0. The van der Waals surface area contributed by atoms with Crippen LogP contribution in [0.4, 0.5) is 13.2 Å². The first-order chi connectivity index (χ1) is 7.44. The van der Waals surface area contributed by atoms with Gasteiger partial charge < -0.3 is 9.47 Å². The van der Waals surface area contributed by atoms with Crippen molar-refractivity contribution >= 4 is 5.97 Å². The number of likely N-dealkylation sites (tertiary alicyclic amines) is 1. The van der Waals surface area contributed by atoms with E-state index in [1.165, 1.54) is 7.11 Å². The Balaban J connectivity index is 2.12. The standard InChI is InChI=1S/C9H14F3NO3/c1-15-8(14)7-2-3-13(7)4-5-16-6-9(10,11)12/h7H,2-6H2,1H3. The SMILES string of the molecule is COC(=O)C1CCN1CCOCC(F)(F)F. The van der Waals surface area contributed by atoms with Gasteiger partial charge in [-0.1, -0.05) is 0 Å². The van der Waals surface area contributed by atoms with Gasteiger partial charge in [-0.25, -0.2) is 0 Å². The average Bonchev–Trinajstić information content (AvgIpc) is 2.13. The lowest BCUT2D eigenvalue weighted by atomic mass is 10.0. The molecule has 4 nitrogen and oxygen atoms in total. The molecule has 0 aliphatic carbocycles. The van der Waals surface area contributed by atoms with E-state index < -0.39 is 12.8 Å². The summed E-state index contributed by atoms with van der Waals surface area (Å²) in [7, 11) is 1.29. The lowest BCUT2D eigenvalue weighted by Crippen LogP contribution is -2.53. The second-order valence-corrected chi connectivity index (χ2v) is 3.53. The van der Waals surface area contributed by atoms with Gasteiger partial charge in [-0.15, -0.1) is 0 Å². The van der Waals surface area contributed by atoms with E-state index in [-0.39, 0.29) is 18.6 Å². The first-order valence-electron chi connectivity index (χ1n) is 4.90. The molecule has 1 rings (SSSR count). The van der Waals surface area contributed by atoms with Crippen LogP contribution < -0.4 is 0 Å². The molecule has 0 N–H and O–H groups in total. The summed E-state index contributed by atoms with van der Waals surface area (Å²) < 4.78 is 44.2. The smallest absolute Gasteiger partial charge is 0.411 e. The number of halogens is 3. The number of ether oxygens (including phenoxy) is 2. The Morgan fingerprint density at radius 2 is 2.19 bits per heavy atom. The molecule has 1 unspecified atom stereocenters. The van der Waals surface area contributed by atoms with Crippen LogP contribution in [0.25, 0.3) is 0 Å². The molecular weight excluding hydrogens is 227 g/mol. The zero-order valence-electron chi connectivity index (χ0n) is 8.92. The summed E-state index contributed by atoms with van der Waals surface area (Å²) in [5, 5.41) is 0. The minimum Gasteiger partial charge on any atom is -0.468 e. The minimum atomic E-state index is -4.29. The van der Waals surface area contributed by atoms with Gasteiger partial charge in [-0.05, 0) is 6.42 Å². The van der Waals surface area contributed by atoms with Crippen molar-refractivity contribution in [3.8, 4) is 0 Å². The van der Waals surface area contributed by atoms with Crippen LogP contribution in [0.1, 0.15) is 6.42 Å². The monoisotopic (exact) mass is 241 g/mol. The number of rotatable bonds is 5. The van der Waals surface area contributed by atoms with E-state index in [9.17, 15) is 18.0 Å². The average molecular weight is 241 g/mol. The largest absolute Gasteiger partial charge is 0.468 e. The van der Waals surface area contributed by atoms with E-state index in [4.69, 9.17) is 0 Å². The lowest BCUT2D eigenvalue weighted by Gasteiger charge is -2.38. The fourth-order valence-electron chi connectivity index (χ4n) is 1.48. The Kier molecular flexibility index (Phi) is 4.55. The molecule has 0 radical (unpaired) electrons. The van der Waals surface area contributed by atoms with E-state index in [2.05, 4.69) is 9.47 Å². The van der Waals surface area contributed by atoms with E-state index in [0.29, 0.717) is 19.5 Å². The topological polar surface area (TPSA) is 38.8 Å². The van der Waals surface area contributed by atoms with Gasteiger partial charge in [0.25, 0.3) is 0 Å². The highest BCUT2D eigenvalue weighted by molar-refractivity contribution is 5.76. The van der Waals surface area contributed by atoms with E-state index >= 15 is 0 Å². The van der Waals surface area contributed by atoms with E-state index in [0.717, 1.165) is 0 Å². The summed E-state index contributed by atoms with van der Waals surface area (Å²) in [6, 6.07) is -0.320. The molecule has 0 aromatic carbocycles. The van der Waals surface area contributed by atoms with Crippen LogP contribution in [0.3, 0.4) is 0 Å². The summed E-state index contributed by atoms with van der Waals surface area (Å²) in [6.45, 7) is -0.276. The normalized spacial score (nSPS) is 21.6. The number of nitrogens with zero attached hydrogens (tertiary/aromatic N) is 1. The van der Waals surface area contributed by atoms with Crippen molar-refractivity contribution in [3.63, 3.8) is 0 Å². The number of carbonyl (C=O) groups is 1. The van der Waals surface area contributed by atoms with Gasteiger partial charge in [0, 0.05) is 13.1 Å². The lowest BCUT2D eigenvalue weighted by molar-refractivity contribution is -0.176. The molecule has 0 bridgehead atoms. The fraction of sp³-hybridized carbons (Fsp3) is 0.889. The Morgan fingerprint density at radius 3 is 2.62 bits per heavy atom. The first-order valence-corrected chi connectivity index (χ1v) is 4.90. The maximum Gasteiger partial charge on any atom is 0.411 e. The molecule has 1 fully saturated rings. The van der Waals surface area contributed by atoms with Crippen LogP contribution in [-0.2, 0) is 14.3 Å². The number of hydrogen-bond donors (Lipinski definition) is 0. The number of carbonyl (C=O) groups excluding carboxylic acids is 1. The summed E-state index contributed by atoms with van der Waals surface area (Å²) in [4.78, 5) is 12.9. The van der Waals surface area contributed by atoms with E-state index in [1.54, 1.807) is 4.90 Å². The molecule has 16 heavy (non-hydrogen) atoms. The molecule has 1 saturated heterocycles. The van der Waals surface area contributed by atoms with Gasteiger partial charge in [-0.2, -0.15) is 13.2 Å². The summed E-state index contributed by atoms with van der Waals surface area (Å²) in [6.07, 6.45) is -3.61. The predicted molar refractivity (Wildman–Crippen MR) is 48.9 cm³/mol. The fourth-order valence-corrected chi connectivity index (χ4v) is 1.48. The van der Waals surface area contributed by atoms with Crippen molar-refractivity contribution in [2.45, 2.75) is 18.6 Å². The van der Waals surface area contributed by atoms with Gasteiger partial charge in [0.1, 0.15) is 12.6 Å². The van der Waals surface area contributed by atoms with Crippen molar-refractivity contribution in [1.82, 2.24) is 4.90 Å². The van der Waals surface area contributed by atoms with Crippen LogP contribution in [0.5, 0.6) is 0 Å². The predicted octanol–water partition coefficient (Wildman–Crippen LogP) is 0.813. The van der Waals surface area contributed by atoms with Crippen LogP contribution in [0.2, 0.25) is 0 Å². The van der Waals surface area contributed by atoms with Gasteiger partial charge >= 0.3 is 12.1 Å². The quantitative estimate of drug-likeness (QED) is 0.527. The molecule has 1 aliphatic heterocycles. The Morgan fingerprint density at radius 1 is 1.50 bits per heavy atom.